The van der Waals surface area contributed by atoms with E-state index in [1.165, 1.54) is 0 Å². The standard InChI is InChI=1S/C11H14N4S/c1-9-3-5-13-11(14-9)15(2)7-4-10-12-6-8-16-10/h3,5-6,8H,4,7H2,1-2H3. The van der Waals surface area contributed by atoms with E-state index in [0.29, 0.717) is 0 Å². The Bertz CT molecular complexity index is 441. The van der Waals surface area contributed by atoms with Crippen molar-refractivity contribution in [1.82, 2.24) is 15.0 Å². The van der Waals surface area contributed by atoms with E-state index in [-0.39, 0.29) is 0 Å². The fourth-order valence-electron chi connectivity index (χ4n) is 1.36. The molecule has 0 N–H and O–H groups in total. The zero-order valence-electron chi connectivity index (χ0n) is 9.42. The first kappa shape index (κ1) is 11.0. The third-order valence-electron chi connectivity index (χ3n) is 2.27. The molecule has 0 unspecified atom stereocenters. The van der Waals surface area contributed by atoms with E-state index in [4.69, 9.17) is 0 Å². The number of hydrogen-bond acceptors (Lipinski definition) is 5. The van der Waals surface area contributed by atoms with Crippen molar-refractivity contribution in [3.05, 3.63) is 34.5 Å². The SMILES string of the molecule is Cc1ccnc(N(C)CCc2nccs2)n1. The van der Waals surface area contributed by atoms with E-state index in [1.54, 1.807) is 17.5 Å². The van der Waals surface area contributed by atoms with Crippen LogP contribution in [0.25, 0.3) is 0 Å². The second-order valence-corrected chi connectivity index (χ2v) is 4.57. The summed E-state index contributed by atoms with van der Waals surface area (Å²) in [6.07, 6.45) is 4.56. The Morgan fingerprint density at radius 3 is 2.88 bits per heavy atom. The predicted molar refractivity (Wildman–Crippen MR) is 65.9 cm³/mol. The number of aryl methyl sites for hydroxylation is 1. The van der Waals surface area contributed by atoms with Crippen molar-refractivity contribution < 1.29 is 0 Å². The topological polar surface area (TPSA) is 41.9 Å². The molecule has 16 heavy (non-hydrogen) atoms. The summed E-state index contributed by atoms with van der Waals surface area (Å²) in [6.45, 7) is 2.86. The summed E-state index contributed by atoms with van der Waals surface area (Å²) in [4.78, 5) is 14.9. The maximum Gasteiger partial charge on any atom is 0.225 e. The Morgan fingerprint density at radius 2 is 2.19 bits per heavy atom. The summed E-state index contributed by atoms with van der Waals surface area (Å²) >= 11 is 1.68. The average molecular weight is 234 g/mol. The van der Waals surface area contributed by atoms with Gasteiger partial charge in [-0.3, -0.25) is 0 Å². The van der Waals surface area contributed by atoms with Gasteiger partial charge in [0.1, 0.15) is 0 Å². The van der Waals surface area contributed by atoms with Crippen molar-refractivity contribution in [3.8, 4) is 0 Å². The zero-order valence-corrected chi connectivity index (χ0v) is 10.2. The minimum Gasteiger partial charge on any atom is -0.343 e. The van der Waals surface area contributed by atoms with Gasteiger partial charge >= 0.3 is 0 Å². The molecule has 0 aromatic carbocycles. The van der Waals surface area contributed by atoms with Crippen LogP contribution in [0, 0.1) is 6.92 Å². The van der Waals surface area contributed by atoms with Crippen molar-refractivity contribution >= 4 is 17.3 Å². The van der Waals surface area contributed by atoms with Crippen molar-refractivity contribution in [2.75, 3.05) is 18.5 Å². The van der Waals surface area contributed by atoms with Crippen LogP contribution in [-0.4, -0.2) is 28.5 Å². The van der Waals surface area contributed by atoms with Gasteiger partial charge in [-0.1, -0.05) is 0 Å². The predicted octanol–water partition coefficient (Wildman–Crippen LogP) is 1.92. The molecule has 0 saturated heterocycles. The lowest BCUT2D eigenvalue weighted by molar-refractivity contribution is 0.828. The van der Waals surface area contributed by atoms with Gasteiger partial charge in [-0.25, -0.2) is 15.0 Å². The van der Waals surface area contributed by atoms with E-state index in [2.05, 4.69) is 19.9 Å². The molecule has 0 fully saturated rings. The number of likely N-dealkylation sites (N-methyl/N-ethyl adjacent to an activating group) is 1. The number of nitrogens with zero attached hydrogens (tertiary/aromatic N) is 4. The smallest absolute Gasteiger partial charge is 0.225 e. The van der Waals surface area contributed by atoms with Gasteiger partial charge in [0, 0.05) is 43.5 Å². The molecule has 0 amide bonds. The summed E-state index contributed by atoms with van der Waals surface area (Å²) in [5.74, 6) is 0.775. The maximum absolute atomic E-state index is 4.37. The molecular weight excluding hydrogens is 220 g/mol. The van der Waals surface area contributed by atoms with E-state index in [1.807, 2.05) is 31.6 Å². The lowest BCUT2D eigenvalue weighted by Gasteiger charge is -2.16. The molecule has 2 aromatic heterocycles. The van der Waals surface area contributed by atoms with Crippen molar-refractivity contribution in [1.29, 1.82) is 0 Å². The first-order chi connectivity index (χ1) is 7.75. The minimum absolute atomic E-state index is 0.775. The number of aromatic nitrogens is 3. The number of rotatable bonds is 4. The van der Waals surface area contributed by atoms with Crippen molar-refractivity contribution in [3.63, 3.8) is 0 Å². The summed E-state index contributed by atoms with van der Waals surface area (Å²) in [5, 5.41) is 3.15. The molecule has 0 radical (unpaired) electrons. The monoisotopic (exact) mass is 234 g/mol. The van der Waals surface area contributed by atoms with E-state index in [0.717, 1.165) is 29.6 Å². The highest BCUT2D eigenvalue weighted by Crippen LogP contribution is 2.08. The highest BCUT2D eigenvalue weighted by atomic mass is 32.1. The molecular formula is C11H14N4S. The normalized spacial score (nSPS) is 10.4. The minimum atomic E-state index is 0.775. The van der Waals surface area contributed by atoms with Gasteiger partial charge in [-0.05, 0) is 13.0 Å². The zero-order chi connectivity index (χ0) is 11.4. The highest BCUT2D eigenvalue weighted by molar-refractivity contribution is 7.09. The van der Waals surface area contributed by atoms with Crippen LogP contribution in [0.15, 0.2) is 23.8 Å². The fourth-order valence-corrected chi connectivity index (χ4v) is 1.97. The van der Waals surface area contributed by atoms with E-state index >= 15 is 0 Å². The number of thiazole rings is 1. The molecule has 2 rings (SSSR count). The lowest BCUT2D eigenvalue weighted by atomic mass is 10.4. The molecule has 0 aliphatic carbocycles. The molecule has 0 saturated carbocycles. The van der Waals surface area contributed by atoms with Crippen LogP contribution in [0.2, 0.25) is 0 Å². The van der Waals surface area contributed by atoms with Gasteiger partial charge in [0.15, 0.2) is 0 Å². The second kappa shape index (κ2) is 5.03. The molecule has 0 atom stereocenters. The van der Waals surface area contributed by atoms with Crippen LogP contribution in [0.5, 0.6) is 0 Å². The first-order valence-electron chi connectivity index (χ1n) is 5.15. The number of anilines is 1. The van der Waals surface area contributed by atoms with Crippen LogP contribution in [-0.2, 0) is 6.42 Å². The van der Waals surface area contributed by atoms with Crippen LogP contribution in [0.1, 0.15) is 10.7 Å². The lowest BCUT2D eigenvalue weighted by Crippen LogP contribution is -2.22. The molecule has 84 valence electrons. The summed E-state index contributed by atoms with van der Waals surface area (Å²) in [6, 6.07) is 1.90. The highest BCUT2D eigenvalue weighted by Gasteiger charge is 2.05. The Kier molecular flexibility index (Phi) is 3.46. The van der Waals surface area contributed by atoms with Gasteiger partial charge in [-0.15, -0.1) is 11.3 Å². The largest absolute Gasteiger partial charge is 0.343 e. The van der Waals surface area contributed by atoms with Gasteiger partial charge in [0.25, 0.3) is 0 Å². The Balaban J connectivity index is 1.95. The fraction of sp³-hybridized carbons (Fsp3) is 0.364. The quantitative estimate of drug-likeness (QED) is 0.810. The summed E-state index contributed by atoms with van der Waals surface area (Å²) < 4.78 is 0. The molecule has 4 nitrogen and oxygen atoms in total. The third-order valence-corrected chi connectivity index (χ3v) is 3.11. The molecule has 0 bridgehead atoms. The maximum atomic E-state index is 4.37. The van der Waals surface area contributed by atoms with Crippen LogP contribution in [0.4, 0.5) is 5.95 Å². The van der Waals surface area contributed by atoms with Gasteiger partial charge in [-0.2, -0.15) is 0 Å². The van der Waals surface area contributed by atoms with Crippen LogP contribution >= 0.6 is 11.3 Å². The summed E-state index contributed by atoms with van der Waals surface area (Å²) in [7, 11) is 2.00. The molecule has 0 aliphatic heterocycles. The van der Waals surface area contributed by atoms with Gasteiger partial charge in [0.05, 0.1) is 5.01 Å². The Labute approximate surface area is 99.0 Å². The van der Waals surface area contributed by atoms with Gasteiger partial charge in [0.2, 0.25) is 5.95 Å². The first-order valence-corrected chi connectivity index (χ1v) is 6.03. The third kappa shape index (κ3) is 2.76. The molecule has 5 heteroatoms. The molecule has 0 aliphatic rings. The van der Waals surface area contributed by atoms with Gasteiger partial charge < -0.3 is 4.90 Å². The van der Waals surface area contributed by atoms with Crippen LogP contribution < -0.4 is 4.90 Å². The molecule has 2 aromatic rings. The average Bonchev–Trinajstić information content (AvgIpc) is 2.78. The second-order valence-electron chi connectivity index (χ2n) is 3.60. The summed E-state index contributed by atoms with van der Waals surface area (Å²) in [5.41, 5.74) is 0.992. The number of hydrogen-bond donors (Lipinski definition) is 0. The molecule has 2 heterocycles. The van der Waals surface area contributed by atoms with Crippen LogP contribution in [0.3, 0.4) is 0 Å². The van der Waals surface area contributed by atoms with E-state index in [9.17, 15) is 0 Å². The van der Waals surface area contributed by atoms with Crippen molar-refractivity contribution in [2.24, 2.45) is 0 Å². The van der Waals surface area contributed by atoms with Crippen molar-refractivity contribution in [2.45, 2.75) is 13.3 Å². The van der Waals surface area contributed by atoms with E-state index < -0.39 is 0 Å². The molecule has 0 spiro atoms. The Hall–Kier alpha value is -1.49. The Morgan fingerprint density at radius 1 is 1.31 bits per heavy atom.